The Kier molecular flexibility index (Phi) is 7.08. The van der Waals surface area contributed by atoms with Crippen LogP contribution in [0.15, 0.2) is 30.0 Å². The highest BCUT2D eigenvalue weighted by Gasteiger charge is 2.12. The number of benzene rings is 1. The van der Waals surface area contributed by atoms with E-state index in [1.165, 1.54) is 24.3 Å². The van der Waals surface area contributed by atoms with Crippen molar-refractivity contribution < 1.29 is 19.4 Å². The van der Waals surface area contributed by atoms with Gasteiger partial charge in [-0.25, -0.2) is 0 Å². The average molecular weight is 321 g/mol. The van der Waals surface area contributed by atoms with Gasteiger partial charge in [0.05, 0.1) is 6.61 Å². The Labute approximate surface area is 135 Å². The molecular weight excluding hydrogens is 298 g/mol. The molecule has 1 rings (SSSR count). The van der Waals surface area contributed by atoms with Crippen LogP contribution < -0.4 is 15.4 Å². The van der Waals surface area contributed by atoms with Crippen LogP contribution in [0.5, 0.6) is 11.5 Å². The predicted octanol–water partition coefficient (Wildman–Crippen LogP) is 1.64. The average Bonchev–Trinajstić information content (AvgIpc) is 2.46. The van der Waals surface area contributed by atoms with Crippen molar-refractivity contribution in [2.45, 2.75) is 20.0 Å². The van der Waals surface area contributed by atoms with Crippen LogP contribution in [0.3, 0.4) is 0 Å². The smallest absolute Gasteiger partial charge is 0.257 e. The van der Waals surface area contributed by atoms with Gasteiger partial charge in [-0.1, -0.05) is 0 Å². The number of rotatable bonds is 7. The number of amides is 1. The largest absolute Gasteiger partial charge is 0.508 e. The Hall–Kier alpha value is -2.54. The number of phenols is 1. The molecule has 1 atom stereocenters. The zero-order valence-corrected chi connectivity index (χ0v) is 13.8. The molecule has 1 aromatic rings. The third-order valence-corrected chi connectivity index (χ3v) is 2.90. The first-order valence-corrected chi connectivity index (χ1v) is 7.11. The number of amidine groups is 1. The number of aromatic hydroxyl groups is 1. The second-order valence-corrected chi connectivity index (χ2v) is 5.04. The van der Waals surface area contributed by atoms with E-state index >= 15 is 0 Å². The summed E-state index contributed by atoms with van der Waals surface area (Å²) >= 11 is 0. The Morgan fingerprint density at radius 3 is 2.74 bits per heavy atom. The molecule has 0 saturated heterocycles. The summed E-state index contributed by atoms with van der Waals surface area (Å²) < 4.78 is 10.5. The number of phenolic OH excluding ortho intramolecular Hbond substituents is 1. The van der Waals surface area contributed by atoms with Gasteiger partial charge in [-0.3, -0.25) is 10.2 Å². The molecule has 1 amide bonds. The summed E-state index contributed by atoms with van der Waals surface area (Å²) in [4.78, 5) is 12.1. The van der Waals surface area contributed by atoms with Crippen LogP contribution in [0.1, 0.15) is 24.2 Å². The number of carbonyl (C=O) groups excluding carboxylic acids is 1. The van der Waals surface area contributed by atoms with Crippen LogP contribution in [0, 0.1) is 5.41 Å². The van der Waals surface area contributed by atoms with Crippen molar-refractivity contribution in [2.24, 2.45) is 0 Å². The van der Waals surface area contributed by atoms with Crippen molar-refractivity contribution in [3.63, 3.8) is 0 Å². The van der Waals surface area contributed by atoms with E-state index in [0.29, 0.717) is 12.4 Å². The summed E-state index contributed by atoms with van der Waals surface area (Å²) in [6, 6.07) is 4.23. The number of methoxy groups -OCH3 is 1. The lowest BCUT2D eigenvalue weighted by molar-refractivity contribution is 0.0912. The van der Waals surface area contributed by atoms with Gasteiger partial charge < -0.3 is 25.2 Å². The molecule has 1 aromatic carbocycles. The van der Waals surface area contributed by atoms with Crippen molar-refractivity contribution in [3.05, 3.63) is 35.5 Å². The van der Waals surface area contributed by atoms with Crippen molar-refractivity contribution in [1.29, 1.82) is 5.41 Å². The van der Waals surface area contributed by atoms with E-state index in [4.69, 9.17) is 14.9 Å². The van der Waals surface area contributed by atoms with Crippen LogP contribution in [0.4, 0.5) is 0 Å². The second-order valence-electron chi connectivity index (χ2n) is 5.04. The topological polar surface area (TPSA) is 104 Å². The Morgan fingerprint density at radius 1 is 1.43 bits per heavy atom. The molecule has 0 radical (unpaired) electrons. The van der Waals surface area contributed by atoms with E-state index in [1.54, 1.807) is 21.1 Å². The summed E-state index contributed by atoms with van der Waals surface area (Å²) in [6.45, 7) is 3.97. The van der Waals surface area contributed by atoms with Crippen molar-refractivity contribution in [2.75, 3.05) is 20.8 Å². The Morgan fingerprint density at radius 2 is 2.13 bits per heavy atom. The molecule has 0 unspecified atom stereocenters. The molecule has 7 heteroatoms. The van der Waals surface area contributed by atoms with Gasteiger partial charge in [-0.15, -0.1) is 0 Å². The minimum Gasteiger partial charge on any atom is -0.508 e. The van der Waals surface area contributed by atoms with Gasteiger partial charge in [-0.05, 0) is 32.1 Å². The molecule has 0 spiro atoms. The quantitative estimate of drug-likeness (QED) is 0.451. The number of nitrogens with one attached hydrogen (secondary N) is 3. The highest BCUT2D eigenvalue weighted by atomic mass is 16.5. The Bertz CT molecular complexity index is 599. The molecule has 0 aliphatic heterocycles. The van der Waals surface area contributed by atoms with Crippen molar-refractivity contribution in [3.8, 4) is 11.5 Å². The number of hydrogen-bond acceptors (Lipinski definition) is 6. The van der Waals surface area contributed by atoms with Crippen LogP contribution >= 0.6 is 0 Å². The fourth-order valence-corrected chi connectivity index (χ4v) is 1.80. The zero-order valence-electron chi connectivity index (χ0n) is 13.8. The van der Waals surface area contributed by atoms with Gasteiger partial charge >= 0.3 is 0 Å². The molecule has 0 heterocycles. The lowest BCUT2D eigenvalue weighted by atomic mass is 10.2. The third kappa shape index (κ3) is 6.39. The number of allylic oxidation sites excluding steroid dienone is 1. The van der Waals surface area contributed by atoms with Gasteiger partial charge in [0.1, 0.15) is 23.4 Å². The SMILES string of the molecule is CN/C(C)=C\C(=N)NC(=O)c1cc(O)cc(O[C@@H](C)COC)c1. The van der Waals surface area contributed by atoms with Crippen LogP contribution in [0.2, 0.25) is 0 Å². The molecule has 23 heavy (non-hydrogen) atoms. The molecule has 0 bridgehead atoms. The first-order valence-electron chi connectivity index (χ1n) is 7.11. The summed E-state index contributed by atoms with van der Waals surface area (Å²) in [7, 11) is 3.29. The van der Waals surface area contributed by atoms with Gasteiger partial charge in [0.25, 0.3) is 5.91 Å². The lowest BCUT2D eigenvalue weighted by Gasteiger charge is -2.15. The maximum Gasteiger partial charge on any atom is 0.257 e. The number of hydrogen-bond donors (Lipinski definition) is 4. The zero-order chi connectivity index (χ0) is 17.4. The highest BCUT2D eigenvalue weighted by Crippen LogP contribution is 2.23. The molecule has 0 fully saturated rings. The van der Waals surface area contributed by atoms with Crippen LogP contribution in [-0.2, 0) is 4.74 Å². The second kappa shape index (κ2) is 8.79. The molecule has 7 nitrogen and oxygen atoms in total. The molecule has 0 aliphatic carbocycles. The maximum absolute atomic E-state index is 12.1. The molecule has 0 aromatic heterocycles. The lowest BCUT2D eigenvalue weighted by Crippen LogP contribution is -2.29. The highest BCUT2D eigenvalue weighted by molar-refractivity contribution is 6.09. The molecule has 0 saturated carbocycles. The van der Waals surface area contributed by atoms with E-state index in [2.05, 4.69) is 10.6 Å². The summed E-state index contributed by atoms with van der Waals surface area (Å²) in [5.74, 6) is -0.297. The van der Waals surface area contributed by atoms with Crippen LogP contribution in [0.25, 0.3) is 0 Å². The number of carbonyl (C=O) groups is 1. The normalized spacial score (nSPS) is 12.4. The summed E-state index contributed by atoms with van der Waals surface area (Å²) in [5.41, 5.74) is 0.938. The fourth-order valence-electron chi connectivity index (χ4n) is 1.80. The van der Waals surface area contributed by atoms with Gasteiger partial charge in [0.2, 0.25) is 0 Å². The predicted molar refractivity (Wildman–Crippen MR) is 88.1 cm³/mol. The van der Waals surface area contributed by atoms with Crippen molar-refractivity contribution in [1.82, 2.24) is 10.6 Å². The fraction of sp³-hybridized carbons (Fsp3) is 0.375. The van der Waals surface area contributed by atoms with E-state index in [0.717, 1.165) is 5.70 Å². The van der Waals surface area contributed by atoms with Gasteiger partial charge in [0, 0.05) is 31.5 Å². The van der Waals surface area contributed by atoms with E-state index in [-0.39, 0.29) is 23.3 Å². The summed E-state index contributed by atoms with van der Waals surface area (Å²) in [5, 5.41) is 22.7. The molecular formula is C16H23N3O4. The molecule has 4 N–H and O–H groups in total. The van der Waals surface area contributed by atoms with E-state index < -0.39 is 5.91 Å². The monoisotopic (exact) mass is 321 g/mol. The first-order chi connectivity index (χ1) is 10.8. The molecule has 0 aliphatic rings. The maximum atomic E-state index is 12.1. The van der Waals surface area contributed by atoms with Gasteiger partial charge in [-0.2, -0.15) is 0 Å². The first kappa shape index (κ1) is 18.5. The van der Waals surface area contributed by atoms with Crippen molar-refractivity contribution >= 4 is 11.7 Å². The summed E-state index contributed by atoms with van der Waals surface area (Å²) in [6.07, 6.45) is 1.26. The number of ether oxygens (including phenoxy) is 2. The van der Waals surface area contributed by atoms with Gasteiger partial charge in [0.15, 0.2) is 0 Å². The minimum absolute atomic E-state index is 0.0552. The minimum atomic E-state index is -0.504. The molecule has 126 valence electrons. The third-order valence-electron chi connectivity index (χ3n) is 2.90. The van der Waals surface area contributed by atoms with E-state index in [1.807, 2.05) is 6.92 Å². The Balaban J connectivity index is 2.85. The van der Waals surface area contributed by atoms with E-state index in [9.17, 15) is 9.90 Å². The standard InChI is InChI=1S/C16H23N3O4/c1-10(18-3)5-15(17)19-16(21)12-6-13(20)8-14(7-12)23-11(2)9-22-4/h5-8,11,18,20H,9H2,1-4H3,(H2,17,19,21)/b10-5-/t11-/m0/s1. The van der Waals surface area contributed by atoms with Crippen LogP contribution in [-0.4, -0.2) is 43.7 Å².